The number of likely N-dealkylation sites (tertiary alicyclic amines) is 1. The molecule has 5 rings (SSSR count). The van der Waals surface area contributed by atoms with Gasteiger partial charge in [0.15, 0.2) is 0 Å². The normalized spacial score (nSPS) is 21.9. The quantitative estimate of drug-likeness (QED) is 0.265. The molecule has 1 saturated heterocycles. The van der Waals surface area contributed by atoms with Crippen molar-refractivity contribution in [3.8, 4) is 0 Å². The molecule has 2 unspecified atom stereocenters. The minimum atomic E-state index is -4.66. The second-order valence-electron chi connectivity index (χ2n) is 12.5. The Morgan fingerprint density at radius 2 is 1.82 bits per heavy atom. The lowest BCUT2D eigenvalue weighted by atomic mass is 9.95. The third-order valence-corrected chi connectivity index (χ3v) is 8.43. The molecule has 3 aromatic rings. The van der Waals surface area contributed by atoms with Gasteiger partial charge in [-0.3, -0.25) is 14.6 Å². The fourth-order valence-electron chi connectivity index (χ4n) is 6.25. The number of carbonyl (C=O) groups excluding carboxylic acids is 3. The predicted octanol–water partition coefficient (Wildman–Crippen LogP) is 6.81. The number of amides is 3. The summed E-state index contributed by atoms with van der Waals surface area (Å²) in [4.78, 5) is 45.7. The Morgan fingerprint density at radius 1 is 1.09 bits per heavy atom. The molecule has 240 valence electrons. The fraction of sp³-hybridized carbons (Fsp3) is 0.438. The topological polar surface area (TPSA) is 101 Å². The van der Waals surface area contributed by atoms with Gasteiger partial charge in [-0.2, -0.15) is 13.2 Å². The minimum absolute atomic E-state index is 0.110. The monoisotopic (exact) mass is 692 g/mol. The van der Waals surface area contributed by atoms with Gasteiger partial charge in [-0.25, -0.2) is 9.18 Å². The summed E-state index contributed by atoms with van der Waals surface area (Å²) in [6.07, 6.45) is -5.74. The summed E-state index contributed by atoms with van der Waals surface area (Å²) in [5.74, 6) is -1.59. The van der Waals surface area contributed by atoms with Crippen LogP contribution >= 0.6 is 15.9 Å². The number of piperidine rings is 1. The van der Waals surface area contributed by atoms with E-state index in [0.29, 0.717) is 11.2 Å². The van der Waals surface area contributed by atoms with E-state index < -0.39 is 71.9 Å². The molecule has 2 bridgehead atoms. The maximum absolute atomic E-state index is 15.0. The lowest BCUT2D eigenvalue weighted by Crippen LogP contribution is -2.55. The molecule has 45 heavy (non-hydrogen) atoms. The first-order valence-corrected chi connectivity index (χ1v) is 15.3. The number of anilines is 1. The molecule has 2 N–H and O–H groups in total. The van der Waals surface area contributed by atoms with Crippen LogP contribution in [0, 0.1) is 5.92 Å². The van der Waals surface area contributed by atoms with Gasteiger partial charge < -0.3 is 20.3 Å². The van der Waals surface area contributed by atoms with Crippen molar-refractivity contribution in [3.05, 3.63) is 70.3 Å². The Bertz CT molecular complexity index is 1610. The zero-order valence-electron chi connectivity index (χ0n) is 24.8. The SMILES string of the molecule is CC(C)(C)OC(=O)N[C@H](CC(=O)N1C2CC(C[C@H]2F)[C@@H]1C(=O)Nc1ccc2cc(Br)cnc2c1)Cc1ccccc1C(F)(F)F. The number of rotatable bonds is 7. The number of fused-ring (bicyclic) bond motifs is 3. The molecule has 1 saturated carbocycles. The van der Waals surface area contributed by atoms with E-state index in [9.17, 15) is 27.6 Å². The van der Waals surface area contributed by atoms with Crippen molar-refractivity contribution < 1.29 is 36.7 Å². The van der Waals surface area contributed by atoms with Gasteiger partial charge >= 0.3 is 12.3 Å². The highest BCUT2D eigenvalue weighted by Crippen LogP contribution is 2.45. The van der Waals surface area contributed by atoms with Crippen LogP contribution in [0.5, 0.6) is 0 Å². The molecule has 3 amide bonds. The summed E-state index contributed by atoms with van der Waals surface area (Å²) in [6.45, 7) is 4.88. The number of alkyl halides is 4. The average molecular weight is 694 g/mol. The van der Waals surface area contributed by atoms with Crippen molar-refractivity contribution >= 4 is 50.4 Å². The number of nitrogens with one attached hydrogen (secondary N) is 2. The van der Waals surface area contributed by atoms with Crippen LogP contribution in [0.25, 0.3) is 10.9 Å². The number of ether oxygens (including phenoxy) is 1. The van der Waals surface area contributed by atoms with Gasteiger partial charge in [0.25, 0.3) is 0 Å². The minimum Gasteiger partial charge on any atom is -0.444 e. The third-order valence-electron chi connectivity index (χ3n) is 8.00. The number of carbonyl (C=O) groups is 3. The number of benzene rings is 2. The lowest BCUT2D eigenvalue weighted by molar-refractivity contribution is -0.143. The van der Waals surface area contributed by atoms with Crippen molar-refractivity contribution in [1.29, 1.82) is 0 Å². The number of pyridine rings is 1. The number of hydrogen-bond donors (Lipinski definition) is 2. The summed E-state index contributed by atoms with van der Waals surface area (Å²) in [7, 11) is 0. The number of nitrogens with zero attached hydrogens (tertiary/aromatic N) is 2. The highest BCUT2D eigenvalue weighted by molar-refractivity contribution is 9.10. The summed E-state index contributed by atoms with van der Waals surface area (Å²) in [6, 6.07) is 8.95. The second-order valence-corrected chi connectivity index (χ2v) is 13.4. The van der Waals surface area contributed by atoms with Crippen LogP contribution in [0.1, 0.15) is 51.2 Å². The molecule has 2 fully saturated rings. The summed E-state index contributed by atoms with van der Waals surface area (Å²) >= 11 is 3.37. The first-order chi connectivity index (χ1) is 21.1. The van der Waals surface area contributed by atoms with E-state index in [-0.39, 0.29) is 24.8 Å². The number of alkyl carbamates (subject to hydrolysis) is 1. The van der Waals surface area contributed by atoms with E-state index in [2.05, 4.69) is 31.5 Å². The first kappa shape index (κ1) is 32.6. The standard InChI is InChI=1S/C32H33BrF4N4O4/c1-31(2,3)45-30(44)40-22(11-17-6-4-5-7-23(17)32(35,36)37)15-27(42)41-26-13-19(12-24(26)34)28(41)29(43)39-21-9-8-18-10-20(33)16-38-25(18)14-21/h4-10,14,16,19,22,24,26,28H,11-13,15H2,1-3H3,(H,39,43)(H,40,44)/t19?,22-,24+,26?,28+/m0/s1. The molecule has 0 spiro atoms. The Kier molecular flexibility index (Phi) is 9.12. The van der Waals surface area contributed by atoms with Gasteiger partial charge in [-0.1, -0.05) is 24.3 Å². The van der Waals surface area contributed by atoms with Gasteiger partial charge in [0.1, 0.15) is 17.8 Å². The number of aromatic nitrogens is 1. The van der Waals surface area contributed by atoms with Crippen LogP contribution in [0.2, 0.25) is 0 Å². The number of halogens is 5. The van der Waals surface area contributed by atoms with E-state index >= 15 is 4.39 Å². The van der Waals surface area contributed by atoms with Crippen molar-refractivity contribution in [2.75, 3.05) is 5.32 Å². The third kappa shape index (κ3) is 7.57. The van der Waals surface area contributed by atoms with E-state index in [4.69, 9.17) is 4.74 Å². The Labute approximate surface area is 266 Å². The summed E-state index contributed by atoms with van der Waals surface area (Å²) in [5, 5.41) is 6.21. The molecule has 0 radical (unpaired) electrons. The Balaban J connectivity index is 1.38. The van der Waals surface area contributed by atoms with Gasteiger partial charge in [-0.05, 0) is 91.7 Å². The maximum atomic E-state index is 15.0. The molecule has 13 heteroatoms. The van der Waals surface area contributed by atoms with E-state index in [1.165, 1.54) is 23.1 Å². The van der Waals surface area contributed by atoms with Crippen LogP contribution in [-0.4, -0.2) is 57.7 Å². The van der Waals surface area contributed by atoms with E-state index in [1.54, 1.807) is 45.2 Å². The van der Waals surface area contributed by atoms with Crippen molar-refractivity contribution in [3.63, 3.8) is 0 Å². The molecule has 2 aliphatic rings. The molecule has 1 aliphatic carbocycles. The molecular weight excluding hydrogens is 660 g/mol. The molecule has 2 heterocycles. The van der Waals surface area contributed by atoms with Crippen molar-refractivity contribution in [2.24, 2.45) is 5.92 Å². The first-order valence-electron chi connectivity index (χ1n) is 14.5. The maximum Gasteiger partial charge on any atom is 0.416 e. The zero-order chi connectivity index (χ0) is 32.7. The van der Waals surface area contributed by atoms with Gasteiger partial charge in [-0.15, -0.1) is 0 Å². The van der Waals surface area contributed by atoms with Crippen LogP contribution in [0.3, 0.4) is 0 Å². The van der Waals surface area contributed by atoms with Crippen molar-refractivity contribution in [2.45, 2.75) is 82.5 Å². The largest absolute Gasteiger partial charge is 0.444 e. The van der Waals surface area contributed by atoms with E-state index in [0.717, 1.165) is 15.9 Å². The summed E-state index contributed by atoms with van der Waals surface area (Å²) < 4.78 is 62.5. The van der Waals surface area contributed by atoms with Gasteiger partial charge in [0.2, 0.25) is 11.8 Å². The average Bonchev–Trinajstić information content (AvgIpc) is 3.49. The molecule has 2 aromatic carbocycles. The highest BCUT2D eigenvalue weighted by Gasteiger charge is 2.56. The van der Waals surface area contributed by atoms with Crippen LogP contribution in [-0.2, 0) is 26.9 Å². The number of hydrogen-bond acceptors (Lipinski definition) is 5. The van der Waals surface area contributed by atoms with Gasteiger partial charge in [0, 0.05) is 34.2 Å². The Morgan fingerprint density at radius 3 is 2.53 bits per heavy atom. The van der Waals surface area contributed by atoms with Crippen LogP contribution in [0.4, 0.5) is 28.0 Å². The summed E-state index contributed by atoms with van der Waals surface area (Å²) in [5.41, 5.74) is -0.849. The van der Waals surface area contributed by atoms with E-state index in [1.807, 2.05) is 6.07 Å². The molecule has 1 aliphatic heterocycles. The molecule has 5 atom stereocenters. The van der Waals surface area contributed by atoms with Crippen LogP contribution < -0.4 is 10.6 Å². The lowest BCUT2D eigenvalue weighted by Gasteiger charge is -2.37. The Hall–Kier alpha value is -3.74. The predicted molar refractivity (Wildman–Crippen MR) is 163 cm³/mol. The smallest absolute Gasteiger partial charge is 0.416 e. The second kappa shape index (κ2) is 12.6. The van der Waals surface area contributed by atoms with Crippen molar-refractivity contribution in [1.82, 2.24) is 15.2 Å². The zero-order valence-corrected chi connectivity index (χ0v) is 26.4. The van der Waals surface area contributed by atoms with Crippen LogP contribution in [0.15, 0.2) is 59.2 Å². The molecule has 1 aromatic heterocycles. The molecular formula is C32H33BrF4N4O4. The highest BCUT2D eigenvalue weighted by atomic mass is 79.9. The molecule has 8 nitrogen and oxygen atoms in total. The van der Waals surface area contributed by atoms with Gasteiger partial charge in [0.05, 0.1) is 17.1 Å². The fourth-order valence-corrected chi connectivity index (χ4v) is 6.60.